The Balaban J connectivity index is 1.83. The van der Waals surface area contributed by atoms with Gasteiger partial charge in [0.1, 0.15) is 0 Å². The van der Waals surface area contributed by atoms with Gasteiger partial charge in [0.2, 0.25) is 5.91 Å². The van der Waals surface area contributed by atoms with Crippen molar-refractivity contribution in [1.82, 2.24) is 4.90 Å². The summed E-state index contributed by atoms with van der Waals surface area (Å²) in [6.45, 7) is 2.03. The monoisotopic (exact) mass is 268 g/mol. The zero-order valence-corrected chi connectivity index (χ0v) is 11.4. The molecular formula is C14H24N2O3. The van der Waals surface area contributed by atoms with Crippen molar-refractivity contribution < 1.29 is 14.7 Å². The molecule has 5 heteroatoms. The zero-order valence-electron chi connectivity index (χ0n) is 11.4. The van der Waals surface area contributed by atoms with E-state index in [2.05, 4.69) is 0 Å². The SMILES string of the molecule is NCC1CCCC1C(=O)N1CCC(CC(=O)O)CC1. The maximum Gasteiger partial charge on any atom is 0.303 e. The van der Waals surface area contributed by atoms with Crippen molar-refractivity contribution in [3.05, 3.63) is 0 Å². The number of nitrogens with zero attached hydrogens (tertiary/aromatic N) is 1. The highest BCUT2D eigenvalue weighted by Gasteiger charge is 2.35. The second kappa shape index (κ2) is 6.37. The molecule has 1 saturated heterocycles. The minimum Gasteiger partial charge on any atom is -0.481 e. The summed E-state index contributed by atoms with van der Waals surface area (Å²) in [5.41, 5.74) is 5.73. The van der Waals surface area contributed by atoms with Gasteiger partial charge < -0.3 is 15.7 Å². The predicted molar refractivity (Wildman–Crippen MR) is 71.4 cm³/mol. The first-order chi connectivity index (χ1) is 9.11. The van der Waals surface area contributed by atoms with Gasteiger partial charge in [0.15, 0.2) is 0 Å². The fraction of sp³-hybridized carbons (Fsp3) is 0.857. The second-order valence-corrected chi connectivity index (χ2v) is 5.90. The number of carboxylic acid groups (broad SMARTS) is 1. The minimum absolute atomic E-state index is 0.112. The highest BCUT2D eigenvalue weighted by Crippen LogP contribution is 2.33. The molecule has 2 fully saturated rings. The van der Waals surface area contributed by atoms with Gasteiger partial charge in [-0.15, -0.1) is 0 Å². The molecule has 0 aromatic heterocycles. The van der Waals surface area contributed by atoms with Gasteiger partial charge in [-0.05, 0) is 44.1 Å². The molecule has 2 unspecified atom stereocenters. The Hall–Kier alpha value is -1.10. The number of likely N-dealkylation sites (tertiary alicyclic amines) is 1. The zero-order chi connectivity index (χ0) is 13.8. The number of carbonyl (C=O) groups excluding carboxylic acids is 1. The minimum atomic E-state index is -0.733. The van der Waals surface area contributed by atoms with Crippen LogP contribution < -0.4 is 5.73 Å². The molecule has 3 N–H and O–H groups in total. The van der Waals surface area contributed by atoms with E-state index in [0.717, 1.165) is 32.1 Å². The van der Waals surface area contributed by atoms with E-state index < -0.39 is 5.97 Å². The average Bonchev–Trinajstić information content (AvgIpc) is 2.86. The summed E-state index contributed by atoms with van der Waals surface area (Å²) in [6, 6.07) is 0. The molecule has 2 aliphatic rings. The number of hydrogen-bond acceptors (Lipinski definition) is 3. The van der Waals surface area contributed by atoms with E-state index in [4.69, 9.17) is 10.8 Å². The molecule has 0 bridgehead atoms. The quantitative estimate of drug-likeness (QED) is 0.799. The molecular weight excluding hydrogens is 244 g/mol. The number of rotatable bonds is 4. The maximum atomic E-state index is 12.5. The van der Waals surface area contributed by atoms with Crippen LogP contribution in [0, 0.1) is 17.8 Å². The third-order valence-corrected chi connectivity index (χ3v) is 4.67. The third-order valence-electron chi connectivity index (χ3n) is 4.67. The predicted octanol–water partition coefficient (Wildman–Crippen LogP) is 1.07. The lowest BCUT2D eigenvalue weighted by Crippen LogP contribution is -2.43. The summed E-state index contributed by atoms with van der Waals surface area (Å²) < 4.78 is 0. The number of hydrogen-bond donors (Lipinski definition) is 2. The summed E-state index contributed by atoms with van der Waals surface area (Å²) in [4.78, 5) is 25.1. The lowest BCUT2D eigenvalue weighted by Gasteiger charge is -2.34. The Kier molecular flexibility index (Phi) is 4.80. The van der Waals surface area contributed by atoms with Crippen LogP contribution in [-0.4, -0.2) is 41.5 Å². The van der Waals surface area contributed by atoms with Gasteiger partial charge >= 0.3 is 5.97 Å². The molecule has 1 aliphatic carbocycles. The van der Waals surface area contributed by atoms with Gasteiger partial charge in [-0.1, -0.05) is 6.42 Å². The van der Waals surface area contributed by atoms with Gasteiger partial charge in [0.25, 0.3) is 0 Å². The molecule has 0 aromatic carbocycles. The van der Waals surface area contributed by atoms with Crippen LogP contribution in [0.15, 0.2) is 0 Å². The average molecular weight is 268 g/mol. The highest BCUT2D eigenvalue weighted by molar-refractivity contribution is 5.79. The summed E-state index contributed by atoms with van der Waals surface area (Å²) in [6.07, 6.45) is 5.01. The molecule has 108 valence electrons. The largest absolute Gasteiger partial charge is 0.481 e. The highest BCUT2D eigenvalue weighted by atomic mass is 16.4. The normalized spacial score (nSPS) is 28.6. The molecule has 1 heterocycles. The van der Waals surface area contributed by atoms with Crippen LogP contribution >= 0.6 is 0 Å². The number of amides is 1. The fourth-order valence-corrected chi connectivity index (χ4v) is 3.48. The van der Waals surface area contributed by atoms with Crippen LogP contribution in [0.5, 0.6) is 0 Å². The summed E-state index contributed by atoms with van der Waals surface area (Å²) in [7, 11) is 0. The first-order valence-electron chi connectivity index (χ1n) is 7.32. The van der Waals surface area contributed by atoms with E-state index in [1.54, 1.807) is 0 Å². The molecule has 2 rings (SSSR count). The molecule has 19 heavy (non-hydrogen) atoms. The number of carbonyl (C=O) groups is 2. The maximum absolute atomic E-state index is 12.5. The van der Waals surface area contributed by atoms with Crippen molar-refractivity contribution >= 4 is 11.9 Å². The Morgan fingerprint density at radius 1 is 1.16 bits per heavy atom. The van der Waals surface area contributed by atoms with Crippen LogP contribution in [0.1, 0.15) is 38.5 Å². The molecule has 1 saturated carbocycles. The van der Waals surface area contributed by atoms with E-state index in [1.165, 1.54) is 0 Å². The van der Waals surface area contributed by atoms with Crippen LogP contribution in [0.3, 0.4) is 0 Å². The molecule has 0 radical (unpaired) electrons. The van der Waals surface area contributed by atoms with Crippen LogP contribution in [-0.2, 0) is 9.59 Å². The molecule has 1 aliphatic heterocycles. The van der Waals surface area contributed by atoms with E-state index in [0.29, 0.717) is 25.6 Å². The van der Waals surface area contributed by atoms with E-state index in [9.17, 15) is 9.59 Å². The Labute approximate surface area is 114 Å². The molecule has 0 aromatic rings. The fourth-order valence-electron chi connectivity index (χ4n) is 3.48. The lowest BCUT2D eigenvalue weighted by molar-refractivity contribution is -0.139. The summed E-state index contributed by atoms with van der Waals surface area (Å²) in [5, 5.41) is 8.79. The molecule has 1 amide bonds. The number of carboxylic acids is 1. The molecule has 0 spiro atoms. The lowest BCUT2D eigenvalue weighted by atomic mass is 9.90. The van der Waals surface area contributed by atoms with E-state index in [1.807, 2.05) is 4.90 Å². The number of nitrogens with two attached hydrogens (primary N) is 1. The van der Waals surface area contributed by atoms with Crippen molar-refractivity contribution in [3.63, 3.8) is 0 Å². The van der Waals surface area contributed by atoms with Crippen molar-refractivity contribution in [2.24, 2.45) is 23.5 Å². The Morgan fingerprint density at radius 3 is 2.42 bits per heavy atom. The van der Waals surface area contributed by atoms with Crippen molar-refractivity contribution in [3.8, 4) is 0 Å². The van der Waals surface area contributed by atoms with E-state index >= 15 is 0 Å². The smallest absolute Gasteiger partial charge is 0.303 e. The third kappa shape index (κ3) is 3.47. The van der Waals surface area contributed by atoms with Gasteiger partial charge in [0, 0.05) is 25.4 Å². The second-order valence-electron chi connectivity index (χ2n) is 5.90. The van der Waals surface area contributed by atoms with Gasteiger partial charge in [-0.25, -0.2) is 0 Å². The van der Waals surface area contributed by atoms with Gasteiger partial charge in [-0.2, -0.15) is 0 Å². The molecule has 2 atom stereocenters. The van der Waals surface area contributed by atoms with Crippen molar-refractivity contribution in [1.29, 1.82) is 0 Å². The summed E-state index contributed by atoms with van der Waals surface area (Å²) in [5.74, 6) is 0.214. The van der Waals surface area contributed by atoms with E-state index in [-0.39, 0.29) is 24.2 Å². The van der Waals surface area contributed by atoms with Crippen molar-refractivity contribution in [2.75, 3.05) is 19.6 Å². The number of aliphatic carboxylic acids is 1. The topological polar surface area (TPSA) is 83.6 Å². The van der Waals surface area contributed by atoms with Crippen molar-refractivity contribution in [2.45, 2.75) is 38.5 Å². The molecule has 5 nitrogen and oxygen atoms in total. The van der Waals surface area contributed by atoms with Crippen LogP contribution in [0.4, 0.5) is 0 Å². The van der Waals surface area contributed by atoms with Gasteiger partial charge in [-0.3, -0.25) is 9.59 Å². The van der Waals surface area contributed by atoms with Crippen LogP contribution in [0.2, 0.25) is 0 Å². The summed E-state index contributed by atoms with van der Waals surface area (Å²) >= 11 is 0. The van der Waals surface area contributed by atoms with Gasteiger partial charge in [0.05, 0.1) is 0 Å². The van der Waals surface area contributed by atoms with Crippen LogP contribution in [0.25, 0.3) is 0 Å². The number of piperidine rings is 1. The standard InChI is InChI=1S/C14H24N2O3/c15-9-11-2-1-3-12(11)14(19)16-6-4-10(5-7-16)8-13(17)18/h10-12H,1-9,15H2,(H,17,18). The Bertz CT molecular complexity index is 338. The first kappa shape index (κ1) is 14.3. The first-order valence-corrected chi connectivity index (χ1v) is 7.32. The Morgan fingerprint density at radius 2 is 1.84 bits per heavy atom.